The largest absolute Gasteiger partial charge is 0.375 e. The van der Waals surface area contributed by atoms with E-state index in [2.05, 4.69) is 36.5 Å². The van der Waals surface area contributed by atoms with Crippen LogP contribution in [0.4, 0.5) is 0 Å². The molecule has 0 aromatic heterocycles. The summed E-state index contributed by atoms with van der Waals surface area (Å²) in [5.41, 5.74) is 1.31. The molecule has 0 aliphatic carbocycles. The summed E-state index contributed by atoms with van der Waals surface area (Å²) in [6, 6.07) is 10.8. The molecular formula is C11H15NO. The number of nitrogens with one attached hydrogen (secondary N) is 1. The average Bonchev–Trinajstić information content (AvgIpc) is 2.20. The molecule has 0 radical (unpaired) electrons. The van der Waals surface area contributed by atoms with E-state index in [9.17, 15) is 0 Å². The van der Waals surface area contributed by atoms with Crippen molar-refractivity contribution in [3.63, 3.8) is 0 Å². The van der Waals surface area contributed by atoms with Gasteiger partial charge in [-0.05, 0) is 12.5 Å². The quantitative estimate of drug-likeness (QED) is 0.705. The van der Waals surface area contributed by atoms with E-state index in [1.807, 2.05) is 6.07 Å². The zero-order valence-corrected chi connectivity index (χ0v) is 7.86. The van der Waals surface area contributed by atoms with Crippen molar-refractivity contribution in [1.82, 2.24) is 5.32 Å². The van der Waals surface area contributed by atoms with Crippen LogP contribution in [-0.4, -0.2) is 19.3 Å². The minimum atomic E-state index is 0.347. The van der Waals surface area contributed by atoms with Gasteiger partial charge in [-0.1, -0.05) is 30.3 Å². The fourth-order valence-electron chi connectivity index (χ4n) is 1.59. The van der Waals surface area contributed by atoms with Gasteiger partial charge in [-0.25, -0.2) is 0 Å². The van der Waals surface area contributed by atoms with Crippen LogP contribution in [0.1, 0.15) is 18.5 Å². The van der Waals surface area contributed by atoms with Crippen LogP contribution < -0.4 is 5.32 Å². The second-order valence-electron chi connectivity index (χ2n) is 3.52. The van der Waals surface area contributed by atoms with Crippen molar-refractivity contribution >= 4 is 0 Å². The van der Waals surface area contributed by atoms with Crippen LogP contribution in [0.15, 0.2) is 30.3 Å². The standard InChI is InChI=1S/C11H15NO/c1-9-7-12-11(8-13-9)10-5-3-2-4-6-10/h2-6,9,11-12H,7-8H2,1H3/t9-,11-/m0/s1. The molecule has 1 aromatic rings. The zero-order valence-electron chi connectivity index (χ0n) is 7.86. The maximum Gasteiger partial charge on any atom is 0.0672 e. The lowest BCUT2D eigenvalue weighted by molar-refractivity contribution is 0.0149. The number of hydrogen-bond acceptors (Lipinski definition) is 2. The van der Waals surface area contributed by atoms with Crippen molar-refractivity contribution in [2.45, 2.75) is 19.1 Å². The van der Waals surface area contributed by atoms with Gasteiger partial charge >= 0.3 is 0 Å². The molecule has 0 spiro atoms. The smallest absolute Gasteiger partial charge is 0.0672 e. The topological polar surface area (TPSA) is 21.3 Å². The van der Waals surface area contributed by atoms with E-state index in [4.69, 9.17) is 4.74 Å². The Morgan fingerprint density at radius 1 is 1.31 bits per heavy atom. The molecule has 70 valence electrons. The first-order valence-electron chi connectivity index (χ1n) is 4.76. The van der Waals surface area contributed by atoms with E-state index in [0.717, 1.165) is 13.2 Å². The van der Waals surface area contributed by atoms with Gasteiger partial charge in [0.1, 0.15) is 0 Å². The summed E-state index contributed by atoms with van der Waals surface area (Å²) < 4.78 is 5.58. The molecule has 1 N–H and O–H groups in total. The van der Waals surface area contributed by atoms with Crippen molar-refractivity contribution < 1.29 is 4.74 Å². The minimum absolute atomic E-state index is 0.347. The van der Waals surface area contributed by atoms with Gasteiger partial charge in [-0.2, -0.15) is 0 Å². The Balaban J connectivity index is 2.03. The van der Waals surface area contributed by atoms with Crippen molar-refractivity contribution in [2.24, 2.45) is 0 Å². The number of morpholine rings is 1. The van der Waals surface area contributed by atoms with Gasteiger partial charge in [0, 0.05) is 6.54 Å². The summed E-state index contributed by atoms with van der Waals surface area (Å²) in [5.74, 6) is 0. The monoisotopic (exact) mass is 177 g/mol. The van der Waals surface area contributed by atoms with Gasteiger partial charge in [0.15, 0.2) is 0 Å². The molecule has 1 aliphatic rings. The summed E-state index contributed by atoms with van der Waals surface area (Å²) >= 11 is 0. The average molecular weight is 177 g/mol. The van der Waals surface area contributed by atoms with Gasteiger partial charge in [0.25, 0.3) is 0 Å². The third-order valence-corrected chi connectivity index (χ3v) is 2.40. The summed E-state index contributed by atoms with van der Waals surface area (Å²) in [7, 11) is 0. The first-order chi connectivity index (χ1) is 6.36. The Hall–Kier alpha value is -0.860. The summed E-state index contributed by atoms with van der Waals surface area (Å²) in [4.78, 5) is 0. The van der Waals surface area contributed by atoms with Crippen molar-refractivity contribution in [3.05, 3.63) is 35.9 Å². The minimum Gasteiger partial charge on any atom is -0.375 e. The molecular weight excluding hydrogens is 162 g/mol. The summed E-state index contributed by atoms with van der Waals surface area (Å²) in [6.07, 6.45) is 0.347. The molecule has 2 heteroatoms. The van der Waals surface area contributed by atoms with Crippen molar-refractivity contribution in [1.29, 1.82) is 0 Å². The Labute approximate surface area is 78.9 Å². The zero-order chi connectivity index (χ0) is 9.10. The molecule has 0 bridgehead atoms. The van der Waals surface area contributed by atoms with Crippen LogP contribution in [0.5, 0.6) is 0 Å². The molecule has 0 saturated carbocycles. The maximum absolute atomic E-state index is 5.58. The van der Waals surface area contributed by atoms with Gasteiger partial charge in [0.05, 0.1) is 18.8 Å². The molecule has 13 heavy (non-hydrogen) atoms. The molecule has 1 heterocycles. The van der Waals surface area contributed by atoms with E-state index in [1.165, 1.54) is 5.56 Å². The number of ether oxygens (including phenoxy) is 1. The highest BCUT2D eigenvalue weighted by Gasteiger charge is 2.18. The maximum atomic E-state index is 5.58. The Morgan fingerprint density at radius 2 is 2.08 bits per heavy atom. The highest BCUT2D eigenvalue weighted by molar-refractivity contribution is 5.19. The molecule has 0 unspecified atom stereocenters. The Morgan fingerprint density at radius 3 is 2.69 bits per heavy atom. The van der Waals surface area contributed by atoms with Crippen molar-refractivity contribution in [3.8, 4) is 0 Å². The SMILES string of the molecule is C[C@H]1CN[C@H](c2ccccc2)CO1. The highest BCUT2D eigenvalue weighted by atomic mass is 16.5. The van der Waals surface area contributed by atoms with Crippen LogP contribution >= 0.6 is 0 Å². The van der Waals surface area contributed by atoms with Crippen LogP contribution in [0.2, 0.25) is 0 Å². The predicted octanol–water partition coefficient (Wildman–Crippen LogP) is 1.74. The fraction of sp³-hybridized carbons (Fsp3) is 0.455. The first kappa shape index (κ1) is 8.73. The van der Waals surface area contributed by atoms with Gasteiger partial charge in [-0.15, -0.1) is 0 Å². The van der Waals surface area contributed by atoms with E-state index in [-0.39, 0.29) is 0 Å². The van der Waals surface area contributed by atoms with Crippen LogP contribution in [0, 0.1) is 0 Å². The lowest BCUT2D eigenvalue weighted by Gasteiger charge is -2.28. The number of hydrogen-bond donors (Lipinski definition) is 1. The number of benzene rings is 1. The van der Waals surface area contributed by atoms with Crippen molar-refractivity contribution in [2.75, 3.05) is 13.2 Å². The molecule has 2 atom stereocenters. The molecule has 1 aromatic carbocycles. The van der Waals surface area contributed by atoms with Crippen LogP contribution in [0.3, 0.4) is 0 Å². The second kappa shape index (κ2) is 3.90. The summed E-state index contributed by atoms with van der Waals surface area (Å²) in [5, 5.41) is 3.46. The van der Waals surface area contributed by atoms with Crippen LogP contribution in [-0.2, 0) is 4.74 Å². The van der Waals surface area contributed by atoms with E-state index >= 15 is 0 Å². The summed E-state index contributed by atoms with van der Waals surface area (Å²) in [6.45, 7) is 3.82. The Kier molecular flexibility index (Phi) is 2.62. The molecule has 1 aliphatic heterocycles. The third kappa shape index (κ3) is 2.08. The van der Waals surface area contributed by atoms with E-state index in [1.54, 1.807) is 0 Å². The third-order valence-electron chi connectivity index (χ3n) is 2.40. The fourth-order valence-corrected chi connectivity index (χ4v) is 1.59. The molecule has 1 saturated heterocycles. The highest BCUT2D eigenvalue weighted by Crippen LogP contribution is 2.16. The van der Waals surface area contributed by atoms with Crippen LogP contribution in [0.25, 0.3) is 0 Å². The van der Waals surface area contributed by atoms with Gasteiger partial charge in [0.2, 0.25) is 0 Å². The molecule has 0 amide bonds. The molecule has 2 nitrogen and oxygen atoms in total. The van der Waals surface area contributed by atoms with Gasteiger partial charge in [-0.3, -0.25) is 0 Å². The predicted molar refractivity (Wildman–Crippen MR) is 52.6 cm³/mol. The molecule has 1 fully saturated rings. The molecule has 2 rings (SSSR count). The normalized spacial score (nSPS) is 28.7. The second-order valence-corrected chi connectivity index (χ2v) is 3.52. The number of rotatable bonds is 1. The van der Waals surface area contributed by atoms with E-state index in [0.29, 0.717) is 12.1 Å². The lowest BCUT2D eigenvalue weighted by atomic mass is 10.1. The van der Waals surface area contributed by atoms with E-state index < -0.39 is 0 Å². The van der Waals surface area contributed by atoms with Gasteiger partial charge < -0.3 is 10.1 Å². The lowest BCUT2D eigenvalue weighted by Crippen LogP contribution is -2.39. The Bertz CT molecular complexity index is 252. The first-order valence-corrected chi connectivity index (χ1v) is 4.76.